The lowest BCUT2D eigenvalue weighted by Gasteiger charge is -2.11. The van der Waals surface area contributed by atoms with Crippen LogP contribution in [0.4, 0.5) is 15.8 Å². The molecule has 4 aromatic rings. The first-order chi connectivity index (χ1) is 16.2. The SMILES string of the molecule is Cc1nn(Cc2c(F)cccc2Cl)c(C)c1NC(=S)Nc1cnn(Cc2c(Cl)cccc2Cl)c1. The van der Waals surface area contributed by atoms with Gasteiger partial charge in [-0.05, 0) is 50.3 Å². The Balaban J connectivity index is 1.44. The van der Waals surface area contributed by atoms with Gasteiger partial charge in [-0.2, -0.15) is 10.2 Å². The normalized spacial score (nSPS) is 11.0. The van der Waals surface area contributed by atoms with E-state index in [4.69, 9.17) is 47.0 Å². The number of anilines is 2. The first-order valence-electron chi connectivity index (χ1n) is 10.2. The molecule has 11 heteroatoms. The molecule has 6 nitrogen and oxygen atoms in total. The first-order valence-corrected chi connectivity index (χ1v) is 11.8. The molecule has 2 aromatic carbocycles. The second-order valence-corrected chi connectivity index (χ2v) is 9.24. The number of aromatic nitrogens is 4. The summed E-state index contributed by atoms with van der Waals surface area (Å²) < 4.78 is 17.6. The summed E-state index contributed by atoms with van der Waals surface area (Å²) in [5, 5.41) is 17.0. The van der Waals surface area contributed by atoms with Crippen LogP contribution in [0.1, 0.15) is 22.5 Å². The van der Waals surface area contributed by atoms with Crippen LogP contribution in [0.5, 0.6) is 0 Å². The molecule has 0 bridgehead atoms. The van der Waals surface area contributed by atoms with E-state index in [0.29, 0.717) is 38.0 Å². The summed E-state index contributed by atoms with van der Waals surface area (Å²) in [6, 6.07) is 9.98. The van der Waals surface area contributed by atoms with Gasteiger partial charge in [-0.25, -0.2) is 4.39 Å². The highest BCUT2D eigenvalue weighted by atomic mass is 35.5. The van der Waals surface area contributed by atoms with Gasteiger partial charge in [0.2, 0.25) is 0 Å². The molecule has 34 heavy (non-hydrogen) atoms. The Bertz CT molecular complexity index is 1330. The molecule has 0 amide bonds. The van der Waals surface area contributed by atoms with E-state index < -0.39 is 0 Å². The molecule has 4 rings (SSSR count). The minimum absolute atomic E-state index is 0.206. The molecule has 176 valence electrons. The molecule has 0 radical (unpaired) electrons. The van der Waals surface area contributed by atoms with Crippen LogP contribution < -0.4 is 10.6 Å². The zero-order valence-corrected chi connectivity index (χ0v) is 21.3. The minimum atomic E-state index is -0.373. The van der Waals surface area contributed by atoms with Crippen LogP contribution >= 0.6 is 47.0 Å². The van der Waals surface area contributed by atoms with E-state index in [1.54, 1.807) is 52.1 Å². The van der Waals surface area contributed by atoms with Gasteiger partial charge in [-0.1, -0.05) is 46.9 Å². The fraction of sp³-hybridized carbons (Fsp3) is 0.174. The smallest absolute Gasteiger partial charge is 0.175 e. The van der Waals surface area contributed by atoms with Gasteiger partial charge in [0.15, 0.2) is 5.11 Å². The molecule has 2 aromatic heterocycles. The Hall–Kier alpha value is -2.65. The van der Waals surface area contributed by atoms with Crippen LogP contribution in [-0.2, 0) is 13.1 Å². The van der Waals surface area contributed by atoms with Crippen molar-refractivity contribution in [2.75, 3.05) is 10.6 Å². The number of thiocarbonyl (C=S) groups is 1. The number of nitrogens with one attached hydrogen (secondary N) is 2. The number of rotatable bonds is 6. The van der Waals surface area contributed by atoms with E-state index in [9.17, 15) is 4.39 Å². The lowest BCUT2D eigenvalue weighted by Crippen LogP contribution is -2.19. The second kappa shape index (κ2) is 10.3. The van der Waals surface area contributed by atoms with E-state index >= 15 is 0 Å². The number of benzene rings is 2. The zero-order valence-electron chi connectivity index (χ0n) is 18.2. The van der Waals surface area contributed by atoms with E-state index in [1.165, 1.54) is 6.07 Å². The minimum Gasteiger partial charge on any atom is -0.330 e. The third-order valence-corrected chi connectivity index (χ3v) is 6.53. The summed E-state index contributed by atoms with van der Waals surface area (Å²) in [7, 11) is 0. The number of hydrogen-bond acceptors (Lipinski definition) is 3. The van der Waals surface area contributed by atoms with Crippen molar-refractivity contribution in [3.63, 3.8) is 0 Å². The van der Waals surface area contributed by atoms with Crippen LogP contribution in [0.2, 0.25) is 15.1 Å². The molecule has 0 saturated heterocycles. The number of aryl methyl sites for hydroxylation is 1. The molecular weight excluding hydrogens is 518 g/mol. The van der Waals surface area contributed by atoms with Crippen molar-refractivity contribution in [3.05, 3.63) is 92.2 Å². The molecule has 0 unspecified atom stereocenters. The molecule has 0 spiro atoms. The van der Waals surface area contributed by atoms with Crippen LogP contribution in [0.15, 0.2) is 48.8 Å². The van der Waals surface area contributed by atoms with Crippen LogP contribution in [0.25, 0.3) is 0 Å². The predicted molar refractivity (Wildman–Crippen MR) is 140 cm³/mol. The molecule has 0 saturated carbocycles. The molecular formula is C23H20Cl3FN6S. The van der Waals surface area contributed by atoms with Crippen LogP contribution in [0.3, 0.4) is 0 Å². The van der Waals surface area contributed by atoms with Gasteiger partial charge < -0.3 is 10.6 Å². The zero-order chi connectivity index (χ0) is 24.4. The highest BCUT2D eigenvalue weighted by Crippen LogP contribution is 2.26. The standard InChI is InChI=1S/C23H20Cl3FN6S/c1-13-22(14(2)33(31-13)12-17-20(26)7-4-8-21(17)27)30-23(34)29-15-9-28-32(10-15)11-16-18(24)5-3-6-19(16)25/h3-10H,11-12H2,1-2H3,(H2,29,30,34). The Labute approximate surface area is 216 Å². The largest absolute Gasteiger partial charge is 0.330 e. The summed E-state index contributed by atoms with van der Waals surface area (Å²) in [6.07, 6.45) is 3.46. The Kier molecular flexibility index (Phi) is 7.42. The average molecular weight is 538 g/mol. The highest BCUT2D eigenvalue weighted by molar-refractivity contribution is 7.80. The topological polar surface area (TPSA) is 59.7 Å². The Morgan fingerprint density at radius 1 is 0.971 bits per heavy atom. The highest BCUT2D eigenvalue weighted by Gasteiger charge is 2.16. The van der Waals surface area contributed by atoms with Crippen molar-refractivity contribution in [1.29, 1.82) is 0 Å². The second-order valence-electron chi connectivity index (χ2n) is 7.61. The fourth-order valence-electron chi connectivity index (χ4n) is 3.50. The number of halogens is 4. The van der Waals surface area contributed by atoms with Crippen LogP contribution in [-0.4, -0.2) is 24.7 Å². The van der Waals surface area contributed by atoms with Gasteiger partial charge in [0.05, 0.1) is 42.0 Å². The maximum atomic E-state index is 14.2. The van der Waals surface area contributed by atoms with Crippen molar-refractivity contribution in [3.8, 4) is 0 Å². The molecule has 0 atom stereocenters. The molecule has 0 aliphatic heterocycles. The molecule has 0 fully saturated rings. The van der Waals surface area contributed by atoms with E-state index in [-0.39, 0.29) is 12.4 Å². The van der Waals surface area contributed by atoms with Crippen molar-refractivity contribution < 1.29 is 4.39 Å². The molecule has 2 N–H and O–H groups in total. The van der Waals surface area contributed by atoms with Gasteiger partial charge in [0, 0.05) is 32.4 Å². The number of nitrogens with zero attached hydrogens (tertiary/aromatic N) is 4. The van der Waals surface area contributed by atoms with Gasteiger partial charge in [0.1, 0.15) is 5.82 Å². The Morgan fingerprint density at radius 3 is 2.29 bits per heavy atom. The third kappa shape index (κ3) is 5.36. The summed E-state index contributed by atoms with van der Waals surface area (Å²) in [5.41, 5.74) is 4.12. The fourth-order valence-corrected chi connectivity index (χ4v) is 4.46. The third-order valence-electron chi connectivity index (χ3n) is 5.26. The quantitative estimate of drug-likeness (QED) is 0.268. The van der Waals surface area contributed by atoms with Crippen molar-refractivity contribution in [1.82, 2.24) is 19.6 Å². The monoisotopic (exact) mass is 536 g/mol. The van der Waals surface area contributed by atoms with Gasteiger partial charge >= 0.3 is 0 Å². The van der Waals surface area contributed by atoms with E-state index in [0.717, 1.165) is 22.6 Å². The predicted octanol–water partition coefficient (Wildman–Crippen LogP) is 6.70. The summed E-state index contributed by atoms with van der Waals surface area (Å²) in [5.74, 6) is -0.373. The lowest BCUT2D eigenvalue weighted by atomic mass is 10.2. The van der Waals surface area contributed by atoms with Crippen molar-refractivity contribution in [2.24, 2.45) is 0 Å². The van der Waals surface area contributed by atoms with Gasteiger partial charge in [-0.3, -0.25) is 9.36 Å². The van der Waals surface area contributed by atoms with E-state index in [1.807, 2.05) is 13.8 Å². The van der Waals surface area contributed by atoms with Crippen LogP contribution in [0, 0.1) is 19.7 Å². The lowest BCUT2D eigenvalue weighted by molar-refractivity contribution is 0.579. The Morgan fingerprint density at radius 2 is 1.62 bits per heavy atom. The summed E-state index contributed by atoms with van der Waals surface area (Å²) >= 11 is 24.2. The maximum absolute atomic E-state index is 14.2. The first kappa shape index (κ1) is 24.5. The number of hydrogen-bond donors (Lipinski definition) is 2. The maximum Gasteiger partial charge on any atom is 0.175 e. The van der Waals surface area contributed by atoms with Gasteiger partial charge in [0.25, 0.3) is 0 Å². The molecule has 0 aliphatic carbocycles. The molecule has 2 heterocycles. The summed E-state index contributed by atoms with van der Waals surface area (Å²) in [6.45, 7) is 4.36. The van der Waals surface area contributed by atoms with Crippen molar-refractivity contribution >= 4 is 63.5 Å². The molecule has 0 aliphatic rings. The van der Waals surface area contributed by atoms with Crippen molar-refractivity contribution in [2.45, 2.75) is 26.9 Å². The summed E-state index contributed by atoms with van der Waals surface area (Å²) in [4.78, 5) is 0. The van der Waals surface area contributed by atoms with E-state index in [2.05, 4.69) is 20.8 Å². The van der Waals surface area contributed by atoms with Gasteiger partial charge in [-0.15, -0.1) is 0 Å². The average Bonchev–Trinajstić information content (AvgIpc) is 3.32.